The van der Waals surface area contributed by atoms with Crippen LogP contribution in [-0.4, -0.2) is 73.9 Å². The Kier molecular flexibility index (Phi) is 7.69. The van der Waals surface area contributed by atoms with Crippen molar-refractivity contribution in [2.45, 2.75) is 38.8 Å². The second-order valence-corrected chi connectivity index (χ2v) is 10.6. The Morgan fingerprint density at radius 2 is 2.03 bits per heavy atom. The fraction of sp³-hybridized carbons (Fsp3) is 0.385. The van der Waals surface area contributed by atoms with Crippen LogP contribution in [-0.2, 0) is 9.53 Å². The van der Waals surface area contributed by atoms with E-state index in [0.29, 0.717) is 46.7 Å². The highest BCUT2D eigenvalue weighted by Crippen LogP contribution is 2.31. The van der Waals surface area contributed by atoms with E-state index in [1.165, 1.54) is 17.5 Å². The summed E-state index contributed by atoms with van der Waals surface area (Å²) in [5.41, 5.74) is 2.87. The van der Waals surface area contributed by atoms with Gasteiger partial charge in [0.05, 0.1) is 58.7 Å². The molecule has 202 valence electrons. The van der Waals surface area contributed by atoms with E-state index in [2.05, 4.69) is 31.9 Å². The molecule has 1 aliphatic rings. The molecular weight excluding hydrogens is 518 g/mol. The van der Waals surface area contributed by atoms with Crippen molar-refractivity contribution in [3.63, 3.8) is 0 Å². The lowest BCUT2D eigenvalue weighted by Crippen LogP contribution is -2.41. The number of pyridine rings is 1. The molecule has 0 saturated carbocycles. The highest BCUT2D eigenvalue weighted by molar-refractivity contribution is 7.21. The van der Waals surface area contributed by atoms with Crippen molar-refractivity contribution >= 4 is 39.4 Å². The van der Waals surface area contributed by atoms with Crippen LogP contribution in [0.15, 0.2) is 37.1 Å². The molecule has 5 heterocycles. The minimum atomic E-state index is -0.380. The topological polar surface area (TPSA) is 142 Å². The minimum Gasteiger partial charge on any atom is -0.381 e. The number of aromatic nitrogens is 5. The number of hydrogen-bond donors (Lipinski definition) is 2. The second-order valence-electron chi connectivity index (χ2n) is 9.54. The molecule has 1 unspecified atom stereocenters. The Balaban J connectivity index is 1.27. The summed E-state index contributed by atoms with van der Waals surface area (Å²) in [6.07, 6.45) is 10.2. The van der Waals surface area contributed by atoms with Crippen LogP contribution in [0.2, 0.25) is 0 Å². The van der Waals surface area contributed by atoms with Crippen LogP contribution in [0.25, 0.3) is 15.3 Å². The standard InChI is InChI=1S/C26H29N9O3S/c1-16(9-27)34-13-18(10-29-34)23-14-35-26(39-23)21(12-30-35)25(37)32-22-8-19(11-28-17(22)2)31-24(36)15-33(3)20-4-6-38-7-5-20/h8,10-14,16,20H,4-7,15H2,1-3H3,(H,31,36)(H,32,37). The summed E-state index contributed by atoms with van der Waals surface area (Å²) < 4.78 is 8.65. The number of fused-ring (bicyclic) bond motifs is 1. The number of likely N-dealkylation sites (N-methyl/N-ethyl adjacent to an activating group) is 1. The Bertz CT molecular complexity index is 1540. The average Bonchev–Trinajstić information content (AvgIpc) is 3.66. The van der Waals surface area contributed by atoms with Crippen LogP contribution in [0.3, 0.4) is 0 Å². The third-order valence-corrected chi connectivity index (χ3v) is 7.90. The van der Waals surface area contributed by atoms with Gasteiger partial charge in [-0.2, -0.15) is 15.5 Å². The number of thiazole rings is 1. The lowest BCUT2D eigenvalue weighted by molar-refractivity contribution is -0.118. The van der Waals surface area contributed by atoms with Crippen LogP contribution in [0.4, 0.5) is 11.4 Å². The maximum absolute atomic E-state index is 13.2. The maximum atomic E-state index is 13.2. The predicted molar refractivity (Wildman–Crippen MR) is 147 cm³/mol. The molecule has 2 N–H and O–H groups in total. The van der Waals surface area contributed by atoms with E-state index in [1.807, 2.05) is 18.1 Å². The van der Waals surface area contributed by atoms with E-state index in [0.717, 1.165) is 23.3 Å². The molecule has 2 amide bonds. The number of aryl methyl sites for hydroxylation is 1. The first kappa shape index (κ1) is 26.5. The molecule has 39 heavy (non-hydrogen) atoms. The van der Waals surface area contributed by atoms with E-state index < -0.39 is 0 Å². The van der Waals surface area contributed by atoms with Crippen molar-refractivity contribution < 1.29 is 14.3 Å². The molecule has 13 heteroatoms. The molecule has 0 bridgehead atoms. The fourth-order valence-corrected chi connectivity index (χ4v) is 5.44. The zero-order valence-corrected chi connectivity index (χ0v) is 22.7. The first-order valence-corrected chi connectivity index (χ1v) is 13.4. The van der Waals surface area contributed by atoms with Crippen molar-refractivity contribution in [2.75, 3.05) is 37.4 Å². The summed E-state index contributed by atoms with van der Waals surface area (Å²) >= 11 is 1.41. The van der Waals surface area contributed by atoms with Gasteiger partial charge >= 0.3 is 0 Å². The first-order chi connectivity index (χ1) is 18.8. The van der Waals surface area contributed by atoms with Gasteiger partial charge in [0.15, 0.2) is 0 Å². The molecule has 4 aromatic heterocycles. The van der Waals surface area contributed by atoms with Gasteiger partial charge in [-0.1, -0.05) is 0 Å². The quantitative estimate of drug-likeness (QED) is 0.342. The molecule has 1 saturated heterocycles. The number of carbonyl (C=O) groups is 2. The highest BCUT2D eigenvalue weighted by atomic mass is 32.1. The van der Waals surface area contributed by atoms with Gasteiger partial charge in [-0.3, -0.25) is 24.2 Å². The Morgan fingerprint density at radius 3 is 2.79 bits per heavy atom. The molecule has 0 aliphatic carbocycles. The molecule has 1 fully saturated rings. The molecule has 4 aromatic rings. The average molecular weight is 548 g/mol. The Labute approximate surface area is 229 Å². The summed E-state index contributed by atoms with van der Waals surface area (Å²) in [6, 6.07) is 3.80. The van der Waals surface area contributed by atoms with Crippen molar-refractivity contribution in [1.29, 1.82) is 5.26 Å². The van der Waals surface area contributed by atoms with Crippen LogP contribution in [0, 0.1) is 18.3 Å². The van der Waals surface area contributed by atoms with Gasteiger partial charge in [-0.05, 0) is 39.8 Å². The van der Waals surface area contributed by atoms with Gasteiger partial charge < -0.3 is 15.4 Å². The van der Waals surface area contributed by atoms with Crippen molar-refractivity contribution in [3.05, 3.63) is 48.3 Å². The van der Waals surface area contributed by atoms with E-state index in [1.54, 1.807) is 47.7 Å². The number of rotatable bonds is 8. The monoisotopic (exact) mass is 547 g/mol. The van der Waals surface area contributed by atoms with E-state index in [4.69, 9.17) is 10.00 Å². The predicted octanol–water partition coefficient (Wildman–Crippen LogP) is 3.35. The van der Waals surface area contributed by atoms with Crippen LogP contribution in [0.5, 0.6) is 0 Å². The summed E-state index contributed by atoms with van der Waals surface area (Å²) in [4.78, 5) is 33.8. The molecule has 1 aliphatic heterocycles. The first-order valence-electron chi connectivity index (χ1n) is 12.6. The molecule has 5 rings (SSSR count). The lowest BCUT2D eigenvalue weighted by Gasteiger charge is -2.30. The van der Waals surface area contributed by atoms with E-state index in [-0.39, 0.29) is 24.4 Å². The van der Waals surface area contributed by atoms with Gasteiger partial charge in [0, 0.05) is 37.2 Å². The van der Waals surface area contributed by atoms with E-state index >= 15 is 0 Å². The van der Waals surface area contributed by atoms with Gasteiger partial charge in [0.2, 0.25) is 5.91 Å². The van der Waals surface area contributed by atoms with Crippen LogP contribution >= 0.6 is 11.3 Å². The molecule has 0 radical (unpaired) electrons. The van der Waals surface area contributed by atoms with Gasteiger partial charge in [0.1, 0.15) is 10.9 Å². The summed E-state index contributed by atoms with van der Waals surface area (Å²) in [6.45, 7) is 5.23. The molecule has 0 aromatic carbocycles. The Morgan fingerprint density at radius 1 is 1.23 bits per heavy atom. The van der Waals surface area contributed by atoms with Crippen molar-refractivity contribution in [3.8, 4) is 16.5 Å². The number of anilines is 2. The minimum absolute atomic E-state index is 0.149. The lowest BCUT2D eigenvalue weighted by atomic mass is 10.1. The SMILES string of the molecule is Cc1ncc(NC(=O)CN(C)C2CCOCC2)cc1NC(=O)c1cnn2cc(-c3cnn(C(C)C#N)c3)sc12. The zero-order chi connectivity index (χ0) is 27.5. The summed E-state index contributed by atoms with van der Waals surface area (Å²) in [7, 11) is 1.94. The van der Waals surface area contributed by atoms with Crippen molar-refractivity contribution in [2.24, 2.45) is 0 Å². The van der Waals surface area contributed by atoms with Gasteiger partial charge in [-0.25, -0.2) is 4.52 Å². The Hall–Kier alpha value is -4.12. The normalized spacial score (nSPS) is 14.8. The van der Waals surface area contributed by atoms with Crippen molar-refractivity contribution in [1.82, 2.24) is 29.3 Å². The third-order valence-electron chi connectivity index (χ3n) is 6.74. The number of nitrogens with zero attached hydrogens (tertiary/aromatic N) is 7. The molecular formula is C26H29N9O3S. The maximum Gasteiger partial charge on any atom is 0.260 e. The summed E-state index contributed by atoms with van der Waals surface area (Å²) in [5, 5.41) is 23.5. The smallest absolute Gasteiger partial charge is 0.260 e. The van der Waals surface area contributed by atoms with Gasteiger partial charge in [0.25, 0.3) is 5.91 Å². The fourth-order valence-electron chi connectivity index (χ4n) is 4.41. The largest absolute Gasteiger partial charge is 0.381 e. The zero-order valence-electron chi connectivity index (χ0n) is 21.9. The van der Waals surface area contributed by atoms with Crippen LogP contribution < -0.4 is 10.6 Å². The number of amides is 2. The number of nitriles is 1. The molecule has 0 spiro atoms. The number of carbonyl (C=O) groups excluding carboxylic acids is 2. The van der Waals surface area contributed by atoms with Crippen LogP contribution in [0.1, 0.15) is 41.9 Å². The number of nitrogens with one attached hydrogen (secondary N) is 2. The van der Waals surface area contributed by atoms with Gasteiger partial charge in [-0.15, -0.1) is 11.3 Å². The number of ether oxygens (including phenoxy) is 1. The number of hydrogen-bond acceptors (Lipinski definition) is 9. The second kappa shape index (κ2) is 11.3. The summed E-state index contributed by atoms with van der Waals surface area (Å²) in [5.74, 6) is -0.483. The molecule has 1 atom stereocenters. The highest BCUT2D eigenvalue weighted by Gasteiger charge is 2.21. The molecule has 12 nitrogen and oxygen atoms in total. The third kappa shape index (κ3) is 5.83. The van der Waals surface area contributed by atoms with E-state index in [9.17, 15) is 9.59 Å².